The molecule has 6 nitrogen and oxygen atoms in total. The summed E-state index contributed by atoms with van der Waals surface area (Å²) in [6.45, 7) is 3.34. The third kappa shape index (κ3) is 5.09. The maximum absolute atomic E-state index is 13.1. The predicted octanol–water partition coefficient (Wildman–Crippen LogP) is 4.12. The maximum Gasteiger partial charge on any atom is 0.332 e. The first-order valence-corrected chi connectivity index (χ1v) is 12.4. The van der Waals surface area contributed by atoms with Gasteiger partial charge in [-0.1, -0.05) is 86.1 Å². The van der Waals surface area contributed by atoms with E-state index in [0.717, 1.165) is 17.5 Å². The minimum Gasteiger partial charge on any atom is -0.459 e. The zero-order chi connectivity index (χ0) is 24.3. The molecule has 4 atom stereocenters. The Hall–Kier alpha value is -3.22. The van der Waals surface area contributed by atoms with Crippen molar-refractivity contribution in [2.45, 2.75) is 57.1 Å². The number of fused-ring (bicyclic) bond motifs is 1. The van der Waals surface area contributed by atoms with E-state index in [1.54, 1.807) is 0 Å². The SMILES string of the molecule is CC[C@H]1CC1(NC(=O)C1C[C@@H](OCc2cccc3ccccc23)CN1)C(=O)OCc1ccccc1. The summed E-state index contributed by atoms with van der Waals surface area (Å²) in [6.07, 6.45) is 1.95. The first-order chi connectivity index (χ1) is 17.1. The highest BCUT2D eigenvalue weighted by Crippen LogP contribution is 2.47. The van der Waals surface area contributed by atoms with Crippen LogP contribution in [-0.4, -0.2) is 36.1 Å². The largest absolute Gasteiger partial charge is 0.459 e. The number of carbonyl (C=O) groups excluding carboxylic acids is 2. The Morgan fingerprint density at radius 3 is 2.57 bits per heavy atom. The smallest absolute Gasteiger partial charge is 0.332 e. The maximum atomic E-state index is 13.1. The van der Waals surface area contributed by atoms with Gasteiger partial charge in [0.1, 0.15) is 12.1 Å². The lowest BCUT2D eigenvalue weighted by Gasteiger charge is -2.21. The van der Waals surface area contributed by atoms with Gasteiger partial charge in [-0.15, -0.1) is 0 Å². The Morgan fingerprint density at radius 1 is 1.00 bits per heavy atom. The van der Waals surface area contributed by atoms with Gasteiger partial charge < -0.3 is 20.1 Å². The molecule has 2 unspecified atom stereocenters. The number of rotatable bonds is 9. The van der Waals surface area contributed by atoms with Crippen molar-refractivity contribution in [3.8, 4) is 0 Å². The molecular weight excluding hydrogens is 440 g/mol. The van der Waals surface area contributed by atoms with Crippen molar-refractivity contribution < 1.29 is 19.1 Å². The van der Waals surface area contributed by atoms with E-state index in [4.69, 9.17) is 9.47 Å². The molecule has 0 aromatic heterocycles. The number of carbonyl (C=O) groups is 2. The Kier molecular flexibility index (Phi) is 6.84. The molecule has 1 heterocycles. The molecule has 2 N–H and O–H groups in total. The summed E-state index contributed by atoms with van der Waals surface area (Å²) in [4.78, 5) is 26.1. The normalized spacial score (nSPS) is 25.3. The Morgan fingerprint density at radius 2 is 1.77 bits per heavy atom. The van der Waals surface area contributed by atoms with E-state index < -0.39 is 5.54 Å². The summed E-state index contributed by atoms with van der Waals surface area (Å²) in [5.41, 5.74) is 1.16. The summed E-state index contributed by atoms with van der Waals surface area (Å²) < 4.78 is 11.8. The molecule has 1 aliphatic carbocycles. The van der Waals surface area contributed by atoms with Crippen LogP contribution < -0.4 is 10.6 Å². The van der Waals surface area contributed by atoms with Crippen molar-refractivity contribution in [1.82, 2.24) is 10.6 Å². The monoisotopic (exact) mass is 472 g/mol. The lowest BCUT2D eigenvalue weighted by atomic mass is 10.1. The number of hydrogen-bond donors (Lipinski definition) is 2. The summed E-state index contributed by atoms with van der Waals surface area (Å²) in [7, 11) is 0. The molecule has 35 heavy (non-hydrogen) atoms. The van der Waals surface area contributed by atoms with Gasteiger partial charge in [-0.25, -0.2) is 4.79 Å². The molecule has 1 aliphatic heterocycles. The molecular formula is C29H32N2O4. The summed E-state index contributed by atoms with van der Waals surface area (Å²) in [5, 5.41) is 8.68. The van der Waals surface area contributed by atoms with E-state index in [-0.39, 0.29) is 36.5 Å². The molecule has 1 saturated heterocycles. The molecule has 1 saturated carbocycles. The van der Waals surface area contributed by atoms with Gasteiger partial charge in [-0.05, 0) is 40.7 Å². The first kappa shape index (κ1) is 23.5. The average molecular weight is 473 g/mol. The third-order valence-corrected chi connectivity index (χ3v) is 7.28. The topological polar surface area (TPSA) is 76.7 Å². The lowest BCUT2D eigenvalue weighted by Crippen LogP contribution is -2.51. The van der Waals surface area contributed by atoms with Gasteiger partial charge in [0.2, 0.25) is 5.91 Å². The second-order valence-electron chi connectivity index (χ2n) is 9.60. The minimum absolute atomic E-state index is 0.0631. The zero-order valence-corrected chi connectivity index (χ0v) is 20.0. The molecule has 2 aliphatic rings. The molecule has 0 spiro atoms. The number of benzene rings is 3. The number of nitrogens with one attached hydrogen (secondary N) is 2. The fraction of sp³-hybridized carbons (Fsp3) is 0.379. The van der Waals surface area contributed by atoms with Crippen LogP contribution in [0.1, 0.15) is 37.3 Å². The van der Waals surface area contributed by atoms with Crippen LogP contribution in [0.4, 0.5) is 0 Å². The van der Waals surface area contributed by atoms with Crippen LogP contribution in [0.15, 0.2) is 72.8 Å². The van der Waals surface area contributed by atoms with Crippen LogP contribution in [0.3, 0.4) is 0 Å². The Bertz CT molecular complexity index is 1190. The summed E-state index contributed by atoms with van der Waals surface area (Å²) in [5.74, 6) is -0.397. The number of amides is 1. The minimum atomic E-state index is -0.913. The second-order valence-corrected chi connectivity index (χ2v) is 9.60. The summed E-state index contributed by atoms with van der Waals surface area (Å²) in [6, 6.07) is 23.7. The molecule has 0 radical (unpaired) electrons. The van der Waals surface area contributed by atoms with Gasteiger partial charge in [0.05, 0.1) is 18.8 Å². The highest BCUT2D eigenvalue weighted by Gasteiger charge is 2.61. The first-order valence-electron chi connectivity index (χ1n) is 12.4. The van der Waals surface area contributed by atoms with E-state index in [2.05, 4.69) is 34.9 Å². The predicted molar refractivity (Wildman–Crippen MR) is 134 cm³/mol. The standard InChI is InChI=1S/C29H32N2O4/c1-2-23-16-29(23,28(33)35-18-20-9-4-3-5-10-20)31-27(32)26-15-24(17-30-26)34-19-22-13-8-12-21-11-6-7-14-25(21)22/h3-14,23-24,26,30H,2,15-19H2,1H3,(H,31,32)/t23-,24+,26?,29?/m0/s1. The highest BCUT2D eigenvalue weighted by atomic mass is 16.5. The molecule has 5 rings (SSSR count). The van der Waals surface area contributed by atoms with Gasteiger partial charge in [0.25, 0.3) is 0 Å². The van der Waals surface area contributed by atoms with Gasteiger partial charge in [0, 0.05) is 6.54 Å². The average Bonchev–Trinajstić information content (AvgIpc) is 3.40. The molecule has 2 fully saturated rings. The molecule has 3 aromatic carbocycles. The van der Waals surface area contributed by atoms with Crippen molar-refractivity contribution in [2.75, 3.05) is 6.54 Å². The van der Waals surface area contributed by atoms with Crippen LogP contribution in [0.2, 0.25) is 0 Å². The Balaban J connectivity index is 1.15. The fourth-order valence-electron chi connectivity index (χ4n) is 5.09. The van der Waals surface area contributed by atoms with Crippen LogP contribution in [0, 0.1) is 5.92 Å². The number of hydrogen-bond acceptors (Lipinski definition) is 5. The lowest BCUT2D eigenvalue weighted by molar-refractivity contribution is -0.151. The van der Waals surface area contributed by atoms with E-state index in [0.29, 0.717) is 26.0 Å². The van der Waals surface area contributed by atoms with Crippen LogP contribution in [0.25, 0.3) is 10.8 Å². The molecule has 1 amide bonds. The van der Waals surface area contributed by atoms with Crippen molar-refractivity contribution in [1.29, 1.82) is 0 Å². The molecule has 6 heteroatoms. The molecule has 182 valence electrons. The Labute approximate surface area is 206 Å². The van der Waals surface area contributed by atoms with Crippen LogP contribution in [0.5, 0.6) is 0 Å². The molecule has 3 aromatic rings. The number of ether oxygens (including phenoxy) is 2. The van der Waals surface area contributed by atoms with E-state index >= 15 is 0 Å². The van der Waals surface area contributed by atoms with Crippen molar-refractivity contribution in [3.63, 3.8) is 0 Å². The summed E-state index contributed by atoms with van der Waals surface area (Å²) >= 11 is 0. The van der Waals surface area contributed by atoms with Crippen molar-refractivity contribution >= 4 is 22.6 Å². The second kappa shape index (κ2) is 10.2. The van der Waals surface area contributed by atoms with Gasteiger partial charge >= 0.3 is 5.97 Å². The van der Waals surface area contributed by atoms with Crippen LogP contribution >= 0.6 is 0 Å². The number of esters is 1. The highest BCUT2D eigenvalue weighted by molar-refractivity contribution is 5.93. The van der Waals surface area contributed by atoms with Crippen LogP contribution in [-0.2, 0) is 32.3 Å². The zero-order valence-electron chi connectivity index (χ0n) is 20.0. The van der Waals surface area contributed by atoms with Gasteiger partial charge in [-0.2, -0.15) is 0 Å². The quantitative estimate of drug-likeness (QED) is 0.458. The van der Waals surface area contributed by atoms with E-state index in [1.807, 2.05) is 55.5 Å². The third-order valence-electron chi connectivity index (χ3n) is 7.28. The van der Waals surface area contributed by atoms with Crippen molar-refractivity contribution in [2.24, 2.45) is 5.92 Å². The van der Waals surface area contributed by atoms with Crippen molar-refractivity contribution in [3.05, 3.63) is 83.9 Å². The van der Waals surface area contributed by atoms with Gasteiger partial charge in [-0.3, -0.25) is 4.79 Å². The van der Waals surface area contributed by atoms with Gasteiger partial charge in [0.15, 0.2) is 0 Å². The fourth-order valence-corrected chi connectivity index (χ4v) is 5.09. The van der Waals surface area contributed by atoms with E-state index in [9.17, 15) is 9.59 Å². The van der Waals surface area contributed by atoms with E-state index in [1.165, 1.54) is 10.8 Å². The molecule has 0 bridgehead atoms.